The summed E-state index contributed by atoms with van der Waals surface area (Å²) >= 11 is 12.0. The van der Waals surface area contributed by atoms with Crippen molar-refractivity contribution in [1.29, 1.82) is 0 Å². The van der Waals surface area contributed by atoms with Gasteiger partial charge in [0, 0.05) is 11.4 Å². The SMILES string of the molecule is CCNCCCc1nnc(-c2cc(Cl)ccc2Cl)o1. The molecule has 102 valence electrons. The molecule has 0 bridgehead atoms. The first-order chi connectivity index (χ1) is 9.20. The van der Waals surface area contributed by atoms with E-state index in [1.807, 2.05) is 0 Å². The van der Waals surface area contributed by atoms with Gasteiger partial charge in [0.1, 0.15) is 0 Å². The molecule has 19 heavy (non-hydrogen) atoms. The Morgan fingerprint density at radius 3 is 2.89 bits per heavy atom. The van der Waals surface area contributed by atoms with Crippen molar-refractivity contribution in [2.45, 2.75) is 19.8 Å². The summed E-state index contributed by atoms with van der Waals surface area (Å²) in [6.45, 7) is 3.98. The summed E-state index contributed by atoms with van der Waals surface area (Å²) in [5.41, 5.74) is 0.666. The van der Waals surface area contributed by atoms with Crippen molar-refractivity contribution < 1.29 is 4.42 Å². The quantitative estimate of drug-likeness (QED) is 0.828. The van der Waals surface area contributed by atoms with Crippen molar-refractivity contribution >= 4 is 23.2 Å². The molecule has 1 aromatic carbocycles. The Balaban J connectivity index is 2.06. The van der Waals surface area contributed by atoms with Crippen LogP contribution in [0.15, 0.2) is 22.6 Å². The van der Waals surface area contributed by atoms with Crippen molar-refractivity contribution in [3.05, 3.63) is 34.1 Å². The van der Waals surface area contributed by atoms with Crippen LogP contribution >= 0.6 is 23.2 Å². The molecule has 0 atom stereocenters. The predicted molar refractivity (Wildman–Crippen MR) is 76.6 cm³/mol. The molecule has 1 aromatic heterocycles. The number of benzene rings is 1. The average Bonchev–Trinajstić information content (AvgIpc) is 2.86. The first-order valence-corrected chi connectivity index (χ1v) is 6.95. The Kier molecular flexibility index (Phi) is 5.19. The molecular weight excluding hydrogens is 285 g/mol. The van der Waals surface area contributed by atoms with Crippen LogP contribution in [-0.4, -0.2) is 23.3 Å². The second-order valence-electron chi connectivity index (χ2n) is 4.08. The lowest BCUT2D eigenvalue weighted by molar-refractivity contribution is 0.492. The fourth-order valence-corrected chi connectivity index (χ4v) is 2.04. The van der Waals surface area contributed by atoms with Gasteiger partial charge in [0.25, 0.3) is 0 Å². The van der Waals surface area contributed by atoms with Gasteiger partial charge in [0.05, 0.1) is 10.6 Å². The summed E-state index contributed by atoms with van der Waals surface area (Å²) in [6.07, 6.45) is 1.71. The van der Waals surface area contributed by atoms with Gasteiger partial charge in [-0.25, -0.2) is 0 Å². The maximum Gasteiger partial charge on any atom is 0.249 e. The van der Waals surface area contributed by atoms with Crippen LogP contribution in [0.1, 0.15) is 19.2 Å². The van der Waals surface area contributed by atoms with E-state index < -0.39 is 0 Å². The Morgan fingerprint density at radius 2 is 2.11 bits per heavy atom. The Morgan fingerprint density at radius 1 is 1.26 bits per heavy atom. The topological polar surface area (TPSA) is 51.0 Å². The lowest BCUT2D eigenvalue weighted by atomic mass is 10.2. The molecule has 2 rings (SSSR count). The summed E-state index contributed by atoms with van der Waals surface area (Å²) in [5, 5.41) is 12.4. The van der Waals surface area contributed by atoms with Crippen LogP contribution in [0, 0.1) is 0 Å². The molecule has 0 radical (unpaired) electrons. The van der Waals surface area contributed by atoms with Crippen LogP contribution in [0.5, 0.6) is 0 Å². The standard InChI is InChI=1S/C13H15Cl2N3O/c1-2-16-7-3-4-12-17-18-13(19-12)10-8-9(14)5-6-11(10)15/h5-6,8,16H,2-4,7H2,1H3. The van der Waals surface area contributed by atoms with Gasteiger partial charge in [-0.1, -0.05) is 30.1 Å². The molecule has 0 saturated heterocycles. The van der Waals surface area contributed by atoms with Crippen LogP contribution < -0.4 is 5.32 Å². The highest BCUT2D eigenvalue weighted by atomic mass is 35.5. The largest absolute Gasteiger partial charge is 0.421 e. The number of aryl methyl sites for hydroxylation is 1. The number of hydrogen-bond donors (Lipinski definition) is 1. The second-order valence-corrected chi connectivity index (χ2v) is 4.93. The van der Waals surface area contributed by atoms with E-state index in [4.69, 9.17) is 27.6 Å². The third-order valence-electron chi connectivity index (χ3n) is 2.62. The van der Waals surface area contributed by atoms with E-state index in [-0.39, 0.29) is 0 Å². The van der Waals surface area contributed by atoms with Gasteiger partial charge in [-0.15, -0.1) is 10.2 Å². The van der Waals surface area contributed by atoms with Crippen molar-refractivity contribution in [2.75, 3.05) is 13.1 Å². The molecule has 0 aliphatic carbocycles. The van der Waals surface area contributed by atoms with E-state index in [1.165, 1.54) is 0 Å². The van der Waals surface area contributed by atoms with Gasteiger partial charge in [-0.3, -0.25) is 0 Å². The fraction of sp³-hybridized carbons (Fsp3) is 0.385. The molecule has 0 unspecified atom stereocenters. The molecule has 1 N–H and O–H groups in total. The molecule has 0 fully saturated rings. The first-order valence-electron chi connectivity index (χ1n) is 6.19. The second kappa shape index (κ2) is 6.89. The predicted octanol–water partition coefficient (Wildman–Crippen LogP) is 3.59. The minimum atomic E-state index is 0.408. The average molecular weight is 300 g/mol. The molecule has 0 saturated carbocycles. The zero-order valence-corrected chi connectivity index (χ0v) is 12.1. The highest BCUT2D eigenvalue weighted by Gasteiger charge is 2.12. The molecule has 0 amide bonds. The van der Waals surface area contributed by atoms with Crippen molar-refractivity contribution in [3.63, 3.8) is 0 Å². The lowest BCUT2D eigenvalue weighted by Crippen LogP contribution is -2.14. The molecule has 0 aliphatic rings. The minimum absolute atomic E-state index is 0.408. The lowest BCUT2D eigenvalue weighted by Gasteiger charge is -1.99. The number of aromatic nitrogens is 2. The molecule has 4 nitrogen and oxygen atoms in total. The van der Waals surface area contributed by atoms with E-state index in [1.54, 1.807) is 18.2 Å². The molecule has 2 aromatic rings. The first kappa shape index (κ1) is 14.3. The van der Waals surface area contributed by atoms with Crippen LogP contribution in [-0.2, 0) is 6.42 Å². The van der Waals surface area contributed by atoms with Gasteiger partial charge in [-0.2, -0.15) is 0 Å². The van der Waals surface area contributed by atoms with E-state index in [0.29, 0.717) is 27.4 Å². The third kappa shape index (κ3) is 3.93. The van der Waals surface area contributed by atoms with Crippen LogP contribution in [0.4, 0.5) is 0 Å². The zero-order valence-electron chi connectivity index (χ0n) is 10.6. The van der Waals surface area contributed by atoms with Crippen molar-refractivity contribution in [2.24, 2.45) is 0 Å². The van der Waals surface area contributed by atoms with Gasteiger partial charge in [0.2, 0.25) is 11.8 Å². The minimum Gasteiger partial charge on any atom is -0.421 e. The zero-order chi connectivity index (χ0) is 13.7. The van der Waals surface area contributed by atoms with Crippen LogP contribution in [0.3, 0.4) is 0 Å². The Hall–Kier alpha value is -1.10. The Bertz CT molecular complexity index is 542. The van der Waals surface area contributed by atoms with E-state index in [9.17, 15) is 0 Å². The highest BCUT2D eigenvalue weighted by Crippen LogP contribution is 2.29. The molecule has 6 heteroatoms. The summed E-state index contributed by atoms with van der Waals surface area (Å²) in [7, 11) is 0. The molecule has 1 heterocycles. The molecule has 0 aliphatic heterocycles. The van der Waals surface area contributed by atoms with E-state index in [2.05, 4.69) is 22.4 Å². The fourth-order valence-electron chi connectivity index (χ4n) is 1.67. The van der Waals surface area contributed by atoms with Gasteiger partial charge in [-0.05, 0) is 37.7 Å². The summed E-state index contributed by atoms with van der Waals surface area (Å²) in [4.78, 5) is 0. The van der Waals surface area contributed by atoms with Crippen molar-refractivity contribution in [1.82, 2.24) is 15.5 Å². The van der Waals surface area contributed by atoms with Crippen molar-refractivity contribution in [3.8, 4) is 11.5 Å². The van der Waals surface area contributed by atoms with E-state index >= 15 is 0 Å². The summed E-state index contributed by atoms with van der Waals surface area (Å²) in [6, 6.07) is 5.16. The van der Waals surface area contributed by atoms with E-state index in [0.717, 1.165) is 25.9 Å². The summed E-state index contributed by atoms with van der Waals surface area (Å²) in [5.74, 6) is 1.02. The number of rotatable bonds is 6. The molecular formula is C13H15Cl2N3O. The monoisotopic (exact) mass is 299 g/mol. The van der Waals surface area contributed by atoms with Crippen LogP contribution in [0.2, 0.25) is 10.0 Å². The number of hydrogen-bond acceptors (Lipinski definition) is 4. The smallest absolute Gasteiger partial charge is 0.249 e. The molecule has 0 spiro atoms. The summed E-state index contributed by atoms with van der Waals surface area (Å²) < 4.78 is 5.59. The van der Waals surface area contributed by atoms with Gasteiger partial charge in [0.15, 0.2) is 0 Å². The number of halogens is 2. The number of nitrogens with zero attached hydrogens (tertiary/aromatic N) is 2. The maximum atomic E-state index is 6.09. The van der Waals surface area contributed by atoms with Gasteiger partial charge >= 0.3 is 0 Å². The van der Waals surface area contributed by atoms with Gasteiger partial charge < -0.3 is 9.73 Å². The normalized spacial score (nSPS) is 10.9. The van der Waals surface area contributed by atoms with Crippen LogP contribution in [0.25, 0.3) is 11.5 Å². The third-order valence-corrected chi connectivity index (χ3v) is 3.18. The maximum absolute atomic E-state index is 6.09. The Labute approximate surface area is 122 Å². The highest BCUT2D eigenvalue weighted by molar-refractivity contribution is 6.35. The number of nitrogens with one attached hydrogen (secondary N) is 1.